The van der Waals surface area contributed by atoms with Crippen LogP contribution >= 0.6 is 0 Å². The number of esters is 1. The highest BCUT2D eigenvalue weighted by atomic mass is 16.6. The third kappa shape index (κ3) is 5.37. The number of ketones is 1. The number of rotatable bonds is 1. The molecule has 0 unspecified atom stereocenters. The van der Waals surface area contributed by atoms with E-state index in [1.54, 1.807) is 41.5 Å². The molecule has 170 valence electrons. The molecule has 0 aromatic carbocycles. The summed E-state index contributed by atoms with van der Waals surface area (Å²) >= 11 is 0. The summed E-state index contributed by atoms with van der Waals surface area (Å²) in [6.45, 7) is 13.0. The minimum atomic E-state index is -1.85. The maximum atomic E-state index is 12.9. The fourth-order valence-electron chi connectivity index (χ4n) is 4.53. The van der Waals surface area contributed by atoms with Crippen LogP contribution in [0.4, 0.5) is 0 Å². The molecule has 0 saturated carbocycles. The number of aliphatic hydroxyl groups is 4. The van der Waals surface area contributed by atoms with E-state index in [1.807, 2.05) is 0 Å². The SMILES string of the molecule is CC[C@H]1OC(=O)[C@H](C)[C@@H](O)[C@H](C)[C@@H](C)[C@](C)(O)C[C@@H](C)C(=O)[C@H](C)[C@@H](O)[C@]1(C)O. The Morgan fingerprint density at radius 1 is 1.00 bits per heavy atom. The summed E-state index contributed by atoms with van der Waals surface area (Å²) in [6, 6.07) is 0. The van der Waals surface area contributed by atoms with E-state index in [2.05, 4.69) is 0 Å². The van der Waals surface area contributed by atoms with Crippen LogP contribution < -0.4 is 0 Å². The maximum Gasteiger partial charge on any atom is 0.311 e. The van der Waals surface area contributed by atoms with E-state index >= 15 is 0 Å². The van der Waals surface area contributed by atoms with Crippen molar-refractivity contribution < 1.29 is 34.8 Å². The number of cyclic esters (lactones) is 1. The highest BCUT2D eigenvalue weighted by molar-refractivity contribution is 5.83. The van der Waals surface area contributed by atoms with Crippen LogP contribution in [0.25, 0.3) is 0 Å². The van der Waals surface area contributed by atoms with Crippen LogP contribution in [-0.4, -0.2) is 61.7 Å². The molecule has 1 rings (SSSR count). The molecule has 0 aliphatic carbocycles. The molecule has 10 atom stereocenters. The molecule has 29 heavy (non-hydrogen) atoms. The first-order valence-corrected chi connectivity index (χ1v) is 10.6. The quantitative estimate of drug-likeness (QED) is 0.479. The van der Waals surface area contributed by atoms with Gasteiger partial charge in [0.1, 0.15) is 17.5 Å². The van der Waals surface area contributed by atoms with E-state index in [1.165, 1.54) is 13.8 Å². The van der Waals surface area contributed by atoms with Gasteiger partial charge in [0, 0.05) is 11.8 Å². The third-order valence-electron chi connectivity index (χ3n) is 7.20. The zero-order chi connectivity index (χ0) is 22.9. The van der Waals surface area contributed by atoms with Gasteiger partial charge in [-0.3, -0.25) is 9.59 Å². The molecular formula is C22H40O7. The minimum Gasteiger partial charge on any atom is -0.459 e. The van der Waals surface area contributed by atoms with Crippen molar-refractivity contribution in [2.45, 2.75) is 97.7 Å². The molecule has 0 bridgehead atoms. The lowest BCUT2D eigenvalue weighted by molar-refractivity contribution is -0.194. The van der Waals surface area contributed by atoms with E-state index < -0.39 is 65.1 Å². The fourth-order valence-corrected chi connectivity index (χ4v) is 4.53. The number of ether oxygens (including phenoxy) is 1. The van der Waals surface area contributed by atoms with E-state index in [0.29, 0.717) is 0 Å². The number of carbonyl (C=O) groups excluding carboxylic acids is 2. The van der Waals surface area contributed by atoms with Crippen LogP contribution in [0.3, 0.4) is 0 Å². The summed E-state index contributed by atoms with van der Waals surface area (Å²) < 4.78 is 5.48. The first kappa shape index (κ1) is 26.0. The van der Waals surface area contributed by atoms with Gasteiger partial charge in [-0.25, -0.2) is 0 Å². The number of hydrogen-bond acceptors (Lipinski definition) is 7. The number of aliphatic hydroxyl groups excluding tert-OH is 2. The van der Waals surface area contributed by atoms with E-state index in [4.69, 9.17) is 4.74 Å². The number of carbonyl (C=O) groups is 2. The first-order valence-electron chi connectivity index (χ1n) is 10.6. The van der Waals surface area contributed by atoms with Crippen molar-refractivity contribution in [2.75, 3.05) is 0 Å². The van der Waals surface area contributed by atoms with Crippen LogP contribution in [0.5, 0.6) is 0 Å². The largest absolute Gasteiger partial charge is 0.459 e. The lowest BCUT2D eigenvalue weighted by Gasteiger charge is -2.42. The van der Waals surface area contributed by atoms with Crippen molar-refractivity contribution in [3.8, 4) is 0 Å². The standard InChI is InChI=1S/C22H40O7/c1-9-16-22(8,28)19(25)13(4)17(23)11(2)10-21(7,27)15(6)12(3)18(24)14(5)20(26)29-16/h11-16,18-19,24-25,27-28H,9-10H2,1-8H3/t11-,12-,13+,14-,15-,16-,18+,19-,21-,22-/m1/s1. The van der Waals surface area contributed by atoms with Crippen LogP contribution in [-0.2, 0) is 14.3 Å². The van der Waals surface area contributed by atoms with Gasteiger partial charge in [-0.2, -0.15) is 0 Å². The van der Waals surface area contributed by atoms with Gasteiger partial charge in [0.25, 0.3) is 0 Å². The molecule has 0 radical (unpaired) electrons. The lowest BCUT2D eigenvalue weighted by Crippen LogP contribution is -2.56. The molecule has 1 aliphatic heterocycles. The molecule has 4 N–H and O–H groups in total. The highest BCUT2D eigenvalue weighted by Crippen LogP contribution is 2.37. The van der Waals surface area contributed by atoms with Gasteiger partial charge in [-0.05, 0) is 45.4 Å². The van der Waals surface area contributed by atoms with E-state index in [9.17, 15) is 30.0 Å². The number of Topliss-reactive ketones (excluding diaryl/α,β-unsaturated/α-hetero) is 1. The Morgan fingerprint density at radius 3 is 2.00 bits per heavy atom. The minimum absolute atomic E-state index is 0.138. The molecule has 1 saturated heterocycles. The molecule has 1 heterocycles. The maximum absolute atomic E-state index is 12.9. The summed E-state index contributed by atoms with van der Waals surface area (Å²) in [5, 5.41) is 43.5. The van der Waals surface area contributed by atoms with Gasteiger partial charge in [-0.1, -0.05) is 34.6 Å². The zero-order valence-corrected chi connectivity index (χ0v) is 19.0. The lowest BCUT2D eigenvalue weighted by atomic mass is 9.71. The average Bonchev–Trinajstić information content (AvgIpc) is 2.66. The molecule has 0 spiro atoms. The average molecular weight is 417 g/mol. The Hall–Kier alpha value is -1.02. The smallest absolute Gasteiger partial charge is 0.311 e. The van der Waals surface area contributed by atoms with Crippen molar-refractivity contribution >= 4 is 11.8 Å². The molecule has 7 nitrogen and oxygen atoms in total. The zero-order valence-electron chi connectivity index (χ0n) is 19.0. The summed E-state index contributed by atoms with van der Waals surface area (Å²) in [5.41, 5.74) is -3.13. The van der Waals surface area contributed by atoms with Gasteiger partial charge in [0.05, 0.1) is 23.7 Å². The van der Waals surface area contributed by atoms with Crippen LogP contribution in [0.1, 0.15) is 68.2 Å². The summed E-state index contributed by atoms with van der Waals surface area (Å²) in [4.78, 5) is 25.6. The molecule has 0 amide bonds. The monoisotopic (exact) mass is 416 g/mol. The Morgan fingerprint density at radius 2 is 1.52 bits per heavy atom. The number of hydrogen-bond donors (Lipinski definition) is 4. The first-order chi connectivity index (χ1) is 13.1. The second-order valence-electron chi connectivity index (χ2n) is 9.58. The highest BCUT2D eigenvalue weighted by Gasteiger charge is 2.48. The fraction of sp³-hybridized carbons (Fsp3) is 0.909. The molecule has 0 aromatic rings. The van der Waals surface area contributed by atoms with Gasteiger partial charge in [0.2, 0.25) is 0 Å². The van der Waals surface area contributed by atoms with E-state index in [-0.39, 0.29) is 18.6 Å². The summed E-state index contributed by atoms with van der Waals surface area (Å²) in [6.07, 6.45) is -3.21. The van der Waals surface area contributed by atoms with Gasteiger partial charge in [-0.15, -0.1) is 0 Å². The molecule has 7 heteroatoms. The van der Waals surface area contributed by atoms with Crippen molar-refractivity contribution in [1.29, 1.82) is 0 Å². The summed E-state index contributed by atoms with van der Waals surface area (Å²) in [7, 11) is 0. The predicted molar refractivity (Wildman–Crippen MR) is 109 cm³/mol. The molecule has 1 aliphatic rings. The van der Waals surface area contributed by atoms with Crippen molar-refractivity contribution in [1.82, 2.24) is 0 Å². The van der Waals surface area contributed by atoms with Gasteiger partial charge >= 0.3 is 5.97 Å². The molecule has 1 fully saturated rings. The third-order valence-corrected chi connectivity index (χ3v) is 7.20. The Labute approximate surface area is 174 Å². The van der Waals surface area contributed by atoms with Crippen molar-refractivity contribution in [3.63, 3.8) is 0 Å². The van der Waals surface area contributed by atoms with Crippen molar-refractivity contribution in [3.05, 3.63) is 0 Å². The second-order valence-corrected chi connectivity index (χ2v) is 9.58. The van der Waals surface area contributed by atoms with Crippen LogP contribution in [0, 0.1) is 29.6 Å². The second kappa shape index (κ2) is 9.41. The Balaban J connectivity index is 3.42. The Bertz CT molecular complexity index is 586. The molecular weight excluding hydrogens is 376 g/mol. The van der Waals surface area contributed by atoms with Gasteiger partial charge < -0.3 is 25.2 Å². The molecule has 0 aromatic heterocycles. The Kier molecular flexibility index (Phi) is 8.45. The van der Waals surface area contributed by atoms with E-state index in [0.717, 1.165) is 0 Å². The predicted octanol–water partition coefficient (Wildman–Crippen LogP) is 1.69. The van der Waals surface area contributed by atoms with Crippen LogP contribution in [0.2, 0.25) is 0 Å². The normalized spacial score (nSPS) is 48.7. The topological polar surface area (TPSA) is 124 Å². The van der Waals surface area contributed by atoms with Gasteiger partial charge in [0.15, 0.2) is 0 Å². The summed E-state index contributed by atoms with van der Waals surface area (Å²) in [5.74, 6) is -4.20. The van der Waals surface area contributed by atoms with Crippen molar-refractivity contribution in [2.24, 2.45) is 29.6 Å². The van der Waals surface area contributed by atoms with Crippen LogP contribution in [0.15, 0.2) is 0 Å².